The number of carbonyl (C=O) groups is 1. The summed E-state index contributed by atoms with van der Waals surface area (Å²) < 4.78 is 4.39. The Bertz CT molecular complexity index is 139. The number of aliphatic hydroxyl groups is 1. The molecule has 0 rings (SSSR count). The van der Waals surface area contributed by atoms with E-state index in [0.717, 1.165) is 31.0 Å². The first kappa shape index (κ1) is 12.9. The third-order valence-corrected chi connectivity index (χ3v) is 2.40. The third kappa shape index (κ3) is 7.02. The minimum absolute atomic E-state index is 0.509. The zero-order valence-corrected chi connectivity index (χ0v) is 9.55. The van der Waals surface area contributed by atoms with Gasteiger partial charge >= 0.3 is 5.97 Å². The van der Waals surface area contributed by atoms with Crippen LogP contribution in [-0.2, 0) is 9.53 Å². The first-order valence-electron chi connectivity index (χ1n) is 4.54. The lowest BCUT2D eigenvalue weighted by Gasteiger charge is -2.06. The summed E-state index contributed by atoms with van der Waals surface area (Å²) in [5.41, 5.74) is 0. The molecule has 0 spiro atoms. The van der Waals surface area contributed by atoms with E-state index in [1.807, 2.05) is 0 Å². The molecule has 0 amide bonds. The van der Waals surface area contributed by atoms with Crippen LogP contribution in [0.5, 0.6) is 0 Å². The number of aliphatic hydroxyl groups excluding tert-OH is 1. The van der Waals surface area contributed by atoms with E-state index >= 15 is 0 Å². The second-order valence-electron chi connectivity index (χ2n) is 2.93. The number of halogens is 1. The topological polar surface area (TPSA) is 46.5 Å². The van der Waals surface area contributed by atoms with E-state index in [0.29, 0.717) is 6.42 Å². The number of methoxy groups -OCH3 is 1. The molecule has 0 heterocycles. The Kier molecular flexibility index (Phi) is 8.45. The van der Waals surface area contributed by atoms with Crippen molar-refractivity contribution in [3.8, 4) is 0 Å². The van der Waals surface area contributed by atoms with E-state index in [-0.39, 0.29) is 0 Å². The lowest BCUT2D eigenvalue weighted by Crippen LogP contribution is -2.21. The van der Waals surface area contributed by atoms with Crippen molar-refractivity contribution in [3.05, 3.63) is 0 Å². The van der Waals surface area contributed by atoms with Crippen LogP contribution in [0.3, 0.4) is 0 Å². The van der Waals surface area contributed by atoms with Gasteiger partial charge in [-0.2, -0.15) is 0 Å². The van der Waals surface area contributed by atoms with Gasteiger partial charge < -0.3 is 9.84 Å². The van der Waals surface area contributed by atoms with Crippen LogP contribution in [0.4, 0.5) is 0 Å². The third-order valence-electron chi connectivity index (χ3n) is 1.83. The second-order valence-corrected chi connectivity index (χ2v) is 3.72. The molecule has 0 saturated heterocycles. The van der Waals surface area contributed by atoms with Crippen molar-refractivity contribution in [2.24, 2.45) is 0 Å². The van der Waals surface area contributed by atoms with Gasteiger partial charge in [-0.05, 0) is 12.8 Å². The van der Waals surface area contributed by atoms with Crippen LogP contribution < -0.4 is 0 Å². The predicted octanol–water partition coefficient (Wildman–Crippen LogP) is 1.87. The fourth-order valence-corrected chi connectivity index (χ4v) is 1.44. The number of rotatable bonds is 7. The first-order valence-corrected chi connectivity index (χ1v) is 5.66. The highest BCUT2D eigenvalue weighted by Crippen LogP contribution is 2.07. The van der Waals surface area contributed by atoms with Gasteiger partial charge in [0.05, 0.1) is 7.11 Å². The van der Waals surface area contributed by atoms with E-state index in [4.69, 9.17) is 0 Å². The van der Waals surface area contributed by atoms with Crippen molar-refractivity contribution in [3.63, 3.8) is 0 Å². The van der Waals surface area contributed by atoms with Gasteiger partial charge in [-0.3, -0.25) is 0 Å². The lowest BCUT2D eigenvalue weighted by atomic mass is 10.1. The largest absolute Gasteiger partial charge is 0.467 e. The van der Waals surface area contributed by atoms with Crippen LogP contribution >= 0.6 is 15.9 Å². The molecular formula is C9H17BrO3. The highest BCUT2D eigenvalue weighted by Gasteiger charge is 2.13. The van der Waals surface area contributed by atoms with Crippen LogP contribution in [0.15, 0.2) is 0 Å². The van der Waals surface area contributed by atoms with Crippen LogP contribution in [0.25, 0.3) is 0 Å². The van der Waals surface area contributed by atoms with Crippen LogP contribution in [0.1, 0.15) is 32.1 Å². The summed E-state index contributed by atoms with van der Waals surface area (Å²) in [4.78, 5) is 10.8. The Morgan fingerprint density at radius 3 is 2.54 bits per heavy atom. The molecule has 0 aromatic rings. The molecule has 1 atom stereocenters. The summed E-state index contributed by atoms with van der Waals surface area (Å²) in [5.74, 6) is -0.527. The number of esters is 1. The molecule has 0 aliphatic heterocycles. The van der Waals surface area contributed by atoms with Gasteiger partial charge in [0.2, 0.25) is 0 Å². The Labute approximate surface area is 87.6 Å². The Morgan fingerprint density at radius 1 is 1.38 bits per heavy atom. The quantitative estimate of drug-likeness (QED) is 0.428. The monoisotopic (exact) mass is 252 g/mol. The molecule has 0 aliphatic carbocycles. The molecule has 13 heavy (non-hydrogen) atoms. The molecule has 78 valence electrons. The number of ether oxygens (including phenoxy) is 1. The Balaban J connectivity index is 3.26. The molecular weight excluding hydrogens is 236 g/mol. The minimum Gasteiger partial charge on any atom is -0.467 e. The van der Waals surface area contributed by atoms with Gasteiger partial charge in [0.25, 0.3) is 0 Å². The zero-order chi connectivity index (χ0) is 10.1. The van der Waals surface area contributed by atoms with Gasteiger partial charge in [-0.1, -0.05) is 35.2 Å². The molecule has 4 heteroatoms. The molecule has 1 N–H and O–H groups in total. The van der Waals surface area contributed by atoms with Crippen molar-refractivity contribution in [2.75, 3.05) is 12.4 Å². The van der Waals surface area contributed by atoms with E-state index in [1.165, 1.54) is 7.11 Å². The van der Waals surface area contributed by atoms with E-state index in [9.17, 15) is 9.90 Å². The van der Waals surface area contributed by atoms with Gasteiger partial charge in [0.1, 0.15) is 0 Å². The number of hydrogen-bond acceptors (Lipinski definition) is 3. The average molecular weight is 253 g/mol. The summed E-state index contributed by atoms with van der Waals surface area (Å²) >= 11 is 3.34. The summed E-state index contributed by atoms with van der Waals surface area (Å²) in [5, 5.41) is 10.2. The molecule has 0 aliphatic rings. The van der Waals surface area contributed by atoms with Gasteiger partial charge in [0, 0.05) is 5.33 Å². The zero-order valence-electron chi connectivity index (χ0n) is 7.96. The van der Waals surface area contributed by atoms with E-state index < -0.39 is 12.1 Å². The standard InChI is InChI=1S/C9H17BrO3/c1-13-9(12)8(11)6-4-2-3-5-7-10/h8,11H,2-7H2,1H3. The summed E-state index contributed by atoms with van der Waals surface area (Å²) in [7, 11) is 1.29. The maximum Gasteiger partial charge on any atom is 0.334 e. The van der Waals surface area contributed by atoms with Gasteiger partial charge in [-0.25, -0.2) is 4.79 Å². The molecule has 0 saturated carbocycles. The van der Waals surface area contributed by atoms with Crippen molar-refractivity contribution >= 4 is 21.9 Å². The summed E-state index contributed by atoms with van der Waals surface area (Å²) in [6, 6.07) is 0. The van der Waals surface area contributed by atoms with Gasteiger partial charge in [-0.15, -0.1) is 0 Å². The number of unbranched alkanes of at least 4 members (excludes halogenated alkanes) is 3. The average Bonchev–Trinajstić information content (AvgIpc) is 2.16. The highest BCUT2D eigenvalue weighted by atomic mass is 79.9. The van der Waals surface area contributed by atoms with Crippen molar-refractivity contribution < 1.29 is 14.6 Å². The molecule has 0 radical (unpaired) electrons. The second kappa shape index (κ2) is 8.51. The predicted molar refractivity (Wildman–Crippen MR) is 54.9 cm³/mol. The van der Waals surface area contributed by atoms with E-state index in [2.05, 4.69) is 20.7 Å². The molecule has 0 bridgehead atoms. The fraction of sp³-hybridized carbons (Fsp3) is 0.889. The molecule has 3 nitrogen and oxygen atoms in total. The van der Waals surface area contributed by atoms with Crippen LogP contribution in [0, 0.1) is 0 Å². The number of hydrogen-bond donors (Lipinski definition) is 1. The van der Waals surface area contributed by atoms with Crippen molar-refractivity contribution in [1.82, 2.24) is 0 Å². The molecule has 0 aromatic carbocycles. The smallest absolute Gasteiger partial charge is 0.334 e. The fourth-order valence-electron chi connectivity index (χ4n) is 1.04. The lowest BCUT2D eigenvalue weighted by molar-refractivity contribution is -0.150. The summed E-state index contributed by atoms with van der Waals surface area (Å²) in [6.45, 7) is 0. The molecule has 1 unspecified atom stereocenters. The SMILES string of the molecule is COC(=O)C(O)CCCCCCBr. The van der Waals surface area contributed by atoms with Gasteiger partial charge in [0.15, 0.2) is 6.10 Å². The van der Waals surface area contributed by atoms with Crippen LogP contribution in [-0.4, -0.2) is 29.6 Å². The molecule has 0 aromatic heterocycles. The van der Waals surface area contributed by atoms with Crippen LogP contribution in [0.2, 0.25) is 0 Å². The Hall–Kier alpha value is -0.0900. The minimum atomic E-state index is -0.936. The van der Waals surface area contributed by atoms with Crippen molar-refractivity contribution in [1.29, 1.82) is 0 Å². The Morgan fingerprint density at radius 2 is 2.00 bits per heavy atom. The van der Waals surface area contributed by atoms with Crippen molar-refractivity contribution in [2.45, 2.75) is 38.2 Å². The summed E-state index contributed by atoms with van der Waals surface area (Å²) in [6.07, 6.45) is 3.79. The molecule has 0 fully saturated rings. The van der Waals surface area contributed by atoms with E-state index in [1.54, 1.807) is 0 Å². The normalized spacial score (nSPS) is 12.5. The first-order chi connectivity index (χ1) is 6.22. The number of alkyl halides is 1. The maximum atomic E-state index is 10.8. The maximum absolute atomic E-state index is 10.8. The highest BCUT2D eigenvalue weighted by molar-refractivity contribution is 9.09. The number of carbonyl (C=O) groups excluding carboxylic acids is 1.